The van der Waals surface area contributed by atoms with Crippen molar-refractivity contribution in [2.45, 2.75) is 37.0 Å². The number of ketones is 2. The van der Waals surface area contributed by atoms with E-state index >= 15 is 0 Å². The highest BCUT2D eigenvalue weighted by Crippen LogP contribution is 2.56. The van der Waals surface area contributed by atoms with Gasteiger partial charge in [0.2, 0.25) is 5.78 Å². The van der Waals surface area contributed by atoms with E-state index in [1.807, 2.05) is 0 Å². The van der Waals surface area contributed by atoms with Crippen LogP contribution in [0.5, 0.6) is 5.75 Å². The van der Waals surface area contributed by atoms with Gasteiger partial charge in [-0.1, -0.05) is 12.1 Å². The first-order valence-electron chi connectivity index (χ1n) is 11.5. The number of aliphatic hydroxyl groups is 5. The molecule has 1 aromatic carbocycles. The van der Waals surface area contributed by atoms with Crippen molar-refractivity contribution in [2.75, 3.05) is 32.2 Å². The number of hydrogen-bond donors (Lipinski definition) is 6. The van der Waals surface area contributed by atoms with E-state index in [2.05, 4.69) is 0 Å². The minimum absolute atomic E-state index is 0.0859. The molecular weight excluding hydrogens is 474 g/mol. The minimum atomic E-state index is -2.39. The molecule has 3 aliphatic carbocycles. The minimum Gasteiger partial charge on any atom is -0.508 e. The third-order valence-electron chi connectivity index (χ3n) is 7.57. The second kappa shape index (κ2) is 9.25. The van der Waals surface area contributed by atoms with Gasteiger partial charge >= 0.3 is 0 Å². The number of Topliss-reactive ketones (excluding diaryl/α,β-unsaturated/α-hetero) is 2. The summed E-state index contributed by atoms with van der Waals surface area (Å²) in [6.45, 7) is 0.972. The monoisotopic (exact) mass is 505 g/mol. The van der Waals surface area contributed by atoms with Crippen LogP contribution in [-0.4, -0.2) is 97.1 Å². The lowest BCUT2D eigenvalue weighted by atomic mass is 9.56. The average Bonchev–Trinajstić information content (AvgIpc) is 2.81. The maximum Gasteiger partial charge on any atom is 0.202 e. The molecule has 0 heterocycles. The van der Waals surface area contributed by atoms with Gasteiger partial charge in [0, 0.05) is 34.5 Å². The summed E-state index contributed by atoms with van der Waals surface area (Å²) in [5.41, 5.74) is -1.87. The lowest BCUT2D eigenvalue weighted by molar-refractivity contribution is -0.153. The quantitative estimate of drug-likeness (QED) is 0.331. The second-order valence-corrected chi connectivity index (χ2v) is 10.8. The van der Waals surface area contributed by atoms with Gasteiger partial charge in [0.1, 0.15) is 17.3 Å². The number of carbonyl (C=O) groups is 2. The summed E-state index contributed by atoms with van der Waals surface area (Å²) in [4.78, 5) is 28.6. The average molecular weight is 506 g/mol. The first-order chi connectivity index (χ1) is 16.5. The summed E-state index contributed by atoms with van der Waals surface area (Å²) in [6, 6.07) is 3.92. The number of nitrogens with zero attached hydrogens (tertiary/aromatic N) is 1. The normalized spacial score (nSPS) is 31.4. The van der Waals surface area contributed by atoms with Gasteiger partial charge in [0.15, 0.2) is 11.4 Å². The molecule has 0 radical (unpaired) electrons. The molecule has 1 saturated carbocycles. The largest absolute Gasteiger partial charge is 0.508 e. The van der Waals surface area contributed by atoms with Gasteiger partial charge in [-0.05, 0) is 45.0 Å². The SMILES string of the molecule is CC1=C(O)C2(O)C(=O)C3=C(O)c4c(O)cccc4C(CSCC(O)CO)C3CC2C(N(C)C)C1=O. The maximum atomic E-state index is 13.9. The van der Waals surface area contributed by atoms with Crippen LogP contribution in [0.25, 0.3) is 5.76 Å². The van der Waals surface area contributed by atoms with E-state index in [9.17, 15) is 35.1 Å². The van der Waals surface area contributed by atoms with Crippen LogP contribution in [0.2, 0.25) is 0 Å². The zero-order chi connectivity index (χ0) is 25.8. The molecule has 6 atom stereocenters. The number of fused-ring (bicyclic) bond motifs is 3. The number of rotatable bonds is 6. The van der Waals surface area contributed by atoms with Crippen molar-refractivity contribution >= 4 is 29.1 Å². The number of likely N-dealkylation sites (N-methyl/N-ethyl adjacent to an activating group) is 1. The van der Waals surface area contributed by atoms with E-state index in [-0.39, 0.29) is 40.4 Å². The molecule has 0 bridgehead atoms. The second-order valence-electron chi connectivity index (χ2n) is 9.77. The fourth-order valence-corrected chi connectivity index (χ4v) is 7.04. The summed E-state index contributed by atoms with van der Waals surface area (Å²) in [5.74, 6) is -3.98. The van der Waals surface area contributed by atoms with Crippen LogP contribution in [0.3, 0.4) is 0 Å². The van der Waals surface area contributed by atoms with E-state index in [0.29, 0.717) is 11.3 Å². The smallest absolute Gasteiger partial charge is 0.202 e. The zero-order valence-corrected chi connectivity index (χ0v) is 20.6. The van der Waals surface area contributed by atoms with E-state index in [4.69, 9.17) is 5.11 Å². The highest BCUT2D eigenvalue weighted by molar-refractivity contribution is 7.99. The first-order valence-corrected chi connectivity index (χ1v) is 12.6. The standard InChI is InChI=1S/C25H31NO8S/c1-11-21(30)20(26(2)3)16-7-14-15(10-35-9-12(28)8-27)13-5-4-6-17(29)18(13)22(31)19(14)24(33)25(16,34)23(11)32/h4-6,12,14-16,20,27-29,31-32,34H,7-10H2,1-3H3. The summed E-state index contributed by atoms with van der Waals surface area (Å²) in [5, 5.41) is 63.2. The molecule has 0 spiro atoms. The fourth-order valence-electron chi connectivity index (χ4n) is 5.86. The van der Waals surface area contributed by atoms with Gasteiger partial charge in [-0.3, -0.25) is 14.5 Å². The van der Waals surface area contributed by atoms with E-state index in [0.717, 1.165) is 0 Å². The molecule has 9 nitrogen and oxygen atoms in total. The Kier molecular flexibility index (Phi) is 6.80. The van der Waals surface area contributed by atoms with E-state index in [1.165, 1.54) is 24.8 Å². The molecule has 1 aromatic rings. The van der Waals surface area contributed by atoms with Crippen molar-refractivity contribution in [3.63, 3.8) is 0 Å². The molecule has 1 fully saturated rings. The molecule has 10 heteroatoms. The van der Waals surface area contributed by atoms with Crippen molar-refractivity contribution < 1.29 is 40.2 Å². The molecule has 0 aliphatic heterocycles. The Labute approximate surface area is 207 Å². The predicted octanol–water partition coefficient (Wildman–Crippen LogP) is 1.13. The van der Waals surface area contributed by atoms with E-state index < -0.39 is 59.4 Å². The van der Waals surface area contributed by atoms with Crippen LogP contribution in [0.15, 0.2) is 35.1 Å². The van der Waals surface area contributed by atoms with Crippen molar-refractivity contribution in [3.8, 4) is 5.75 Å². The molecule has 4 rings (SSSR count). The Morgan fingerprint density at radius 2 is 1.89 bits per heavy atom. The Morgan fingerprint density at radius 3 is 2.51 bits per heavy atom. The van der Waals surface area contributed by atoms with Gasteiger partial charge in [-0.15, -0.1) is 0 Å². The predicted molar refractivity (Wildman–Crippen MR) is 130 cm³/mol. The summed E-state index contributed by atoms with van der Waals surface area (Å²) in [7, 11) is 3.34. The van der Waals surface area contributed by atoms with Crippen LogP contribution in [0.1, 0.15) is 30.4 Å². The topological polar surface area (TPSA) is 159 Å². The van der Waals surface area contributed by atoms with Crippen molar-refractivity contribution in [1.29, 1.82) is 0 Å². The lowest BCUT2D eigenvalue weighted by Crippen LogP contribution is -2.65. The lowest BCUT2D eigenvalue weighted by Gasteiger charge is -2.51. The number of carbonyl (C=O) groups excluding carboxylic acids is 2. The molecule has 190 valence electrons. The molecular formula is C25H31NO8S. The Bertz CT molecular complexity index is 1130. The van der Waals surface area contributed by atoms with Gasteiger partial charge in [0.05, 0.1) is 24.3 Å². The molecule has 0 amide bonds. The van der Waals surface area contributed by atoms with Gasteiger partial charge in [-0.25, -0.2) is 0 Å². The van der Waals surface area contributed by atoms with Crippen LogP contribution >= 0.6 is 11.8 Å². The Morgan fingerprint density at radius 1 is 1.20 bits per heavy atom. The molecule has 6 unspecified atom stereocenters. The molecule has 3 aliphatic rings. The van der Waals surface area contributed by atoms with Gasteiger partial charge in [-0.2, -0.15) is 11.8 Å². The third kappa shape index (κ3) is 3.79. The number of benzene rings is 1. The number of aromatic hydroxyl groups is 1. The van der Waals surface area contributed by atoms with Gasteiger partial charge in [0.25, 0.3) is 0 Å². The van der Waals surface area contributed by atoms with Crippen LogP contribution < -0.4 is 0 Å². The molecule has 6 N–H and O–H groups in total. The fraction of sp³-hybridized carbons (Fsp3) is 0.520. The summed E-state index contributed by atoms with van der Waals surface area (Å²) < 4.78 is 0. The number of aliphatic hydroxyl groups excluding tert-OH is 4. The van der Waals surface area contributed by atoms with Crippen LogP contribution in [0.4, 0.5) is 0 Å². The first kappa shape index (κ1) is 25.7. The van der Waals surface area contributed by atoms with Crippen LogP contribution in [-0.2, 0) is 9.59 Å². The van der Waals surface area contributed by atoms with E-state index in [1.54, 1.807) is 31.1 Å². The highest BCUT2D eigenvalue weighted by atomic mass is 32.2. The van der Waals surface area contributed by atoms with Gasteiger partial charge < -0.3 is 30.6 Å². The molecule has 0 aromatic heterocycles. The highest BCUT2D eigenvalue weighted by Gasteiger charge is 2.63. The molecule has 0 saturated heterocycles. The number of hydrogen-bond acceptors (Lipinski definition) is 10. The maximum absolute atomic E-state index is 13.9. The number of thioether (sulfide) groups is 1. The Balaban J connectivity index is 1.88. The summed E-state index contributed by atoms with van der Waals surface area (Å²) in [6.07, 6.45) is -0.802. The van der Waals surface area contributed by atoms with Crippen molar-refractivity contribution in [3.05, 3.63) is 46.2 Å². The van der Waals surface area contributed by atoms with Crippen molar-refractivity contribution in [2.24, 2.45) is 11.8 Å². The third-order valence-corrected chi connectivity index (χ3v) is 8.78. The molecule has 35 heavy (non-hydrogen) atoms. The number of phenolic OH excluding ortho intramolecular Hbond substituents is 1. The summed E-state index contributed by atoms with van der Waals surface area (Å²) >= 11 is 1.35. The Hall–Kier alpha value is -2.37. The number of phenols is 1. The van der Waals surface area contributed by atoms with Crippen molar-refractivity contribution in [1.82, 2.24) is 4.90 Å². The van der Waals surface area contributed by atoms with Crippen LogP contribution in [0, 0.1) is 11.8 Å². The zero-order valence-electron chi connectivity index (χ0n) is 19.8.